The first-order chi connectivity index (χ1) is 3.27. The molecule has 0 saturated carbocycles. The molecule has 0 aliphatic rings. The zero-order chi connectivity index (χ0) is 5.70. The van der Waals surface area contributed by atoms with Crippen molar-refractivity contribution in [2.24, 2.45) is 0 Å². The van der Waals surface area contributed by atoms with Gasteiger partial charge in [0.2, 0.25) is 0 Å². The number of rotatable bonds is 3. The van der Waals surface area contributed by atoms with E-state index in [-0.39, 0.29) is 27.8 Å². The molecule has 8 heavy (non-hydrogen) atoms. The molecule has 0 rings (SSSR count). The topological polar surface area (TPSA) is 20.2 Å². The van der Waals surface area contributed by atoms with E-state index in [0.717, 1.165) is 12.8 Å². The Bertz CT molecular complexity index is 37.5. The van der Waals surface area contributed by atoms with E-state index in [1.54, 1.807) is 0 Å². The Kier molecular flexibility index (Phi) is 11.0. The SMILES string of the molecule is CCCCC(C)O.[Ti]. The Morgan fingerprint density at radius 3 is 2.12 bits per heavy atom. The monoisotopic (exact) mass is 150 g/mol. The van der Waals surface area contributed by atoms with E-state index in [4.69, 9.17) is 5.11 Å². The maximum Gasteiger partial charge on any atom is 0.0512 e. The summed E-state index contributed by atoms with van der Waals surface area (Å²) >= 11 is 0. The van der Waals surface area contributed by atoms with E-state index in [0.29, 0.717) is 0 Å². The second-order valence-electron chi connectivity index (χ2n) is 1.99. The first kappa shape index (κ1) is 11.5. The van der Waals surface area contributed by atoms with Gasteiger partial charge >= 0.3 is 0 Å². The predicted octanol–water partition coefficient (Wildman–Crippen LogP) is 1.55. The molecule has 0 radical (unpaired) electrons. The summed E-state index contributed by atoms with van der Waals surface area (Å²) in [4.78, 5) is 0. The standard InChI is InChI=1S/C6H14O.Ti/c1-3-4-5-6(2)7;/h6-7H,3-5H2,1-2H3;. The number of unbranched alkanes of at least 4 members (excludes halogenated alkanes) is 1. The van der Waals surface area contributed by atoms with Crippen molar-refractivity contribution in [3.8, 4) is 0 Å². The minimum atomic E-state index is -0.0973. The van der Waals surface area contributed by atoms with Gasteiger partial charge < -0.3 is 5.11 Å². The summed E-state index contributed by atoms with van der Waals surface area (Å²) < 4.78 is 0. The molecule has 0 aliphatic carbocycles. The van der Waals surface area contributed by atoms with Crippen molar-refractivity contribution in [2.45, 2.75) is 39.2 Å². The fourth-order valence-electron chi connectivity index (χ4n) is 0.500. The first-order valence-electron chi connectivity index (χ1n) is 2.95. The third-order valence-corrected chi connectivity index (χ3v) is 0.975. The van der Waals surface area contributed by atoms with Crippen LogP contribution in [0.2, 0.25) is 0 Å². The number of aliphatic hydroxyl groups excluding tert-OH is 1. The third kappa shape index (κ3) is 9.84. The van der Waals surface area contributed by atoms with Crippen LogP contribution in [-0.2, 0) is 21.7 Å². The predicted molar refractivity (Wildman–Crippen MR) is 31.2 cm³/mol. The van der Waals surface area contributed by atoms with Gasteiger partial charge in [-0.25, -0.2) is 0 Å². The average molecular weight is 150 g/mol. The minimum absolute atomic E-state index is 0. The van der Waals surface area contributed by atoms with Crippen molar-refractivity contribution < 1.29 is 26.8 Å². The maximum atomic E-state index is 8.68. The van der Waals surface area contributed by atoms with Crippen molar-refractivity contribution in [3.05, 3.63) is 0 Å². The summed E-state index contributed by atoms with van der Waals surface area (Å²) in [6.45, 7) is 3.96. The van der Waals surface area contributed by atoms with Crippen LogP contribution in [0.5, 0.6) is 0 Å². The van der Waals surface area contributed by atoms with Crippen LogP contribution in [0.1, 0.15) is 33.1 Å². The summed E-state index contributed by atoms with van der Waals surface area (Å²) in [5, 5.41) is 8.68. The van der Waals surface area contributed by atoms with Gasteiger partial charge in [-0.15, -0.1) is 0 Å². The summed E-state index contributed by atoms with van der Waals surface area (Å²) in [7, 11) is 0. The van der Waals surface area contributed by atoms with Crippen molar-refractivity contribution in [3.63, 3.8) is 0 Å². The van der Waals surface area contributed by atoms with Gasteiger partial charge in [0.25, 0.3) is 0 Å². The molecule has 1 atom stereocenters. The van der Waals surface area contributed by atoms with E-state index in [9.17, 15) is 0 Å². The molecule has 0 bridgehead atoms. The third-order valence-electron chi connectivity index (χ3n) is 0.975. The minimum Gasteiger partial charge on any atom is -0.393 e. The quantitative estimate of drug-likeness (QED) is 0.605. The fourth-order valence-corrected chi connectivity index (χ4v) is 0.500. The van der Waals surface area contributed by atoms with Crippen LogP contribution in [0.3, 0.4) is 0 Å². The summed E-state index contributed by atoms with van der Waals surface area (Å²) in [6.07, 6.45) is 3.19. The molecule has 0 aromatic rings. The molecule has 1 nitrogen and oxygen atoms in total. The van der Waals surface area contributed by atoms with E-state index >= 15 is 0 Å². The number of aliphatic hydroxyl groups is 1. The molecule has 1 N–H and O–H groups in total. The number of hydrogen-bond acceptors (Lipinski definition) is 1. The molecule has 2 heteroatoms. The Labute approximate surface area is 66.4 Å². The molecule has 0 heterocycles. The smallest absolute Gasteiger partial charge is 0.0512 e. The molecular formula is C6H14OTi. The van der Waals surface area contributed by atoms with Crippen LogP contribution >= 0.6 is 0 Å². The Morgan fingerprint density at radius 1 is 1.50 bits per heavy atom. The Balaban J connectivity index is 0. The van der Waals surface area contributed by atoms with Crippen LogP contribution in [0.25, 0.3) is 0 Å². The summed E-state index contributed by atoms with van der Waals surface area (Å²) in [6, 6.07) is 0. The van der Waals surface area contributed by atoms with Crippen molar-refractivity contribution in [1.82, 2.24) is 0 Å². The van der Waals surface area contributed by atoms with Gasteiger partial charge in [0, 0.05) is 21.7 Å². The molecule has 1 unspecified atom stereocenters. The van der Waals surface area contributed by atoms with Crippen LogP contribution in [0.15, 0.2) is 0 Å². The Morgan fingerprint density at radius 2 is 2.00 bits per heavy atom. The van der Waals surface area contributed by atoms with Crippen LogP contribution in [0.4, 0.5) is 0 Å². The molecule has 0 spiro atoms. The van der Waals surface area contributed by atoms with E-state index in [2.05, 4.69) is 6.92 Å². The summed E-state index contributed by atoms with van der Waals surface area (Å²) in [5.74, 6) is 0. The van der Waals surface area contributed by atoms with Gasteiger partial charge in [-0.1, -0.05) is 19.8 Å². The first-order valence-corrected chi connectivity index (χ1v) is 2.95. The molecule has 0 aliphatic heterocycles. The molecule has 48 valence electrons. The van der Waals surface area contributed by atoms with Crippen molar-refractivity contribution in [1.29, 1.82) is 0 Å². The molecule has 0 aromatic heterocycles. The van der Waals surface area contributed by atoms with Crippen LogP contribution < -0.4 is 0 Å². The molecule has 0 amide bonds. The van der Waals surface area contributed by atoms with Gasteiger partial charge in [0.1, 0.15) is 0 Å². The fraction of sp³-hybridized carbons (Fsp3) is 1.00. The van der Waals surface area contributed by atoms with Gasteiger partial charge in [-0.3, -0.25) is 0 Å². The second kappa shape index (κ2) is 7.67. The van der Waals surface area contributed by atoms with Crippen molar-refractivity contribution in [2.75, 3.05) is 0 Å². The van der Waals surface area contributed by atoms with Gasteiger partial charge in [-0.2, -0.15) is 0 Å². The van der Waals surface area contributed by atoms with Gasteiger partial charge in [-0.05, 0) is 13.3 Å². The molecule has 0 saturated heterocycles. The van der Waals surface area contributed by atoms with Crippen LogP contribution in [-0.4, -0.2) is 11.2 Å². The van der Waals surface area contributed by atoms with Gasteiger partial charge in [0.05, 0.1) is 6.10 Å². The maximum absolute atomic E-state index is 8.68. The van der Waals surface area contributed by atoms with Gasteiger partial charge in [0.15, 0.2) is 0 Å². The zero-order valence-corrected chi connectivity index (χ0v) is 7.21. The second-order valence-corrected chi connectivity index (χ2v) is 1.99. The summed E-state index contributed by atoms with van der Waals surface area (Å²) in [5.41, 5.74) is 0. The normalized spacial score (nSPS) is 12.4. The molecule has 0 fully saturated rings. The largest absolute Gasteiger partial charge is 0.393 e. The zero-order valence-electron chi connectivity index (χ0n) is 5.65. The van der Waals surface area contributed by atoms with E-state index in [1.165, 1.54) is 6.42 Å². The molecular weight excluding hydrogens is 136 g/mol. The van der Waals surface area contributed by atoms with E-state index < -0.39 is 0 Å². The Hall–Kier alpha value is 0.674. The van der Waals surface area contributed by atoms with E-state index in [1.807, 2.05) is 6.92 Å². The average Bonchev–Trinajstić information content (AvgIpc) is 1.61. The number of hydrogen-bond donors (Lipinski definition) is 1. The van der Waals surface area contributed by atoms with Crippen molar-refractivity contribution >= 4 is 0 Å². The molecule has 0 aromatic carbocycles. The van der Waals surface area contributed by atoms with Crippen LogP contribution in [0, 0.1) is 0 Å².